The lowest BCUT2D eigenvalue weighted by atomic mass is 9.98. The molecule has 0 amide bonds. The van der Waals surface area contributed by atoms with Crippen LogP contribution in [0.25, 0.3) is 0 Å². The van der Waals surface area contributed by atoms with Crippen molar-refractivity contribution in [3.05, 3.63) is 0 Å². The van der Waals surface area contributed by atoms with Gasteiger partial charge in [-0.15, -0.1) is 0 Å². The average molecular weight is 242 g/mol. The molecule has 1 fully saturated rings. The first kappa shape index (κ1) is 12.8. The van der Waals surface area contributed by atoms with Gasteiger partial charge in [-0.3, -0.25) is 0 Å². The first-order valence-electron chi connectivity index (χ1n) is 4.88. The van der Waals surface area contributed by atoms with Crippen LogP contribution in [0.3, 0.4) is 0 Å². The summed E-state index contributed by atoms with van der Waals surface area (Å²) in [7, 11) is -3.18. The molecule has 0 spiro atoms. The third kappa shape index (κ3) is 3.35. The van der Waals surface area contributed by atoms with Gasteiger partial charge in [0.2, 0.25) is 0 Å². The Morgan fingerprint density at radius 1 is 1.40 bits per heavy atom. The molecule has 7 heteroatoms. The second-order valence-corrected chi connectivity index (χ2v) is 5.79. The molecule has 0 aliphatic carbocycles. The van der Waals surface area contributed by atoms with E-state index < -0.39 is 15.8 Å². The first-order valence-corrected chi connectivity index (χ1v) is 6.39. The molecule has 0 atom stereocenters. The van der Waals surface area contributed by atoms with Crippen LogP contribution in [0, 0.1) is 5.92 Å². The molecular formula is C8H16F2N2O2S. The Morgan fingerprint density at radius 3 is 2.40 bits per heavy atom. The number of hydrogen-bond donors (Lipinski definition) is 1. The normalized spacial score (nSPS) is 20.1. The number of sulfonamides is 1. The molecule has 4 nitrogen and oxygen atoms in total. The molecule has 1 N–H and O–H groups in total. The van der Waals surface area contributed by atoms with Crippen molar-refractivity contribution in [2.45, 2.75) is 18.6 Å². The second kappa shape index (κ2) is 5.18. The van der Waals surface area contributed by atoms with Crippen LogP contribution in [-0.4, -0.2) is 45.2 Å². The van der Waals surface area contributed by atoms with Crippen LogP contribution in [0.2, 0.25) is 0 Å². The minimum absolute atomic E-state index is 0.185. The minimum Gasteiger partial charge on any atom is -0.317 e. The fourth-order valence-corrected chi connectivity index (χ4v) is 2.36. The number of halogens is 2. The van der Waals surface area contributed by atoms with Gasteiger partial charge in [0.25, 0.3) is 10.0 Å². The van der Waals surface area contributed by atoms with Crippen LogP contribution >= 0.6 is 0 Å². The SMILES string of the molecule is CN(CC1CCNCC1)S(=O)(=O)C(F)F. The summed E-state index contributed by atoms with van der Waals surface area (Å²) < 4.78 is 47.3. The van der Waals surface area contributed by atoms with Crippen LogP contribution in [0.4, 0.5) is 8.78 Å². The zero-order chi connectivity index (χ0) is 11.5. The summed E-state index contributed by atoms with van der Waals surface area (Å²) >= 11 is 0. The summed E-state index contributed by atoms with van der Waals surface area (Å²) in [5.74, 6) is -3.13. The zero-order valence-corrected chi connectivity index (χ0v) is 9.43. The summed E-state index contributed by atoms with van der Waals surface area (Å²) in [5.41, 5.74) is 0. The van der Waals surface area contributed by atoms with Crippen molar-refractivity contribution in [1.82, 2.24) is 9.62 Å². The van der Waals surface area contributed by atoms with Crippen LogP contribution in [0.5, 0.6) is 0 Å². The molecular weight excluding hydrogens is 226 g/mol. The summed E-state index contributed by atoms with van der Waals surface area (Å²) in [6, 6.07) is 0. The van der Waals surface area contributed by atoms with Crippen molar-refractivity contribution < 1.29 is 17.2 Å². The monoisotopic (exact) mass is 242 g/mol. The Morgan fingerprint density at radius 2 is 1.93 bits per heavy atom. The van der Waals surface area contributed by atoms with E-state index in [1.807, 2.05) is 0 Å². The van der Waals surface area contributed by atoms with Crippen molar-refractivity contribution in [2.24, 2.45) is 5.92 Å². The van der Waals surface area contributed by atoms with E-state index in [4.69, 9.17) is 0 Å². The van der Waals surface area contributed by atoms with E-state index >= 15 is 0 Å². The fourth-order valence-electron chi connectivity index (χ4n) is 1.67. The van der Waals surface area contributed by atoms with Gasteiger partial charge in [-0.25, -0.2) is 8.42 Å². The highest BCUT2D eigenvalue weighted by Gasteiger charge is 2.30. The lowest BCUT2D eigenvalue weighted by Crippen LogP contribution is -2.39. The highest BCUT2D eigenvalue weighted by atomic mass is 32.2. The van der Waals surface area contributed by atoms with Gasteiger partial charge in [-0.1, -0.05) is 0 Å². The van der Waals surface area contributed by atoms with Crippen LogP contribution in [-0.2, 0) is 10.0 Å². The summed E-state index contributed by atoms with van der Waals surface area (Å²) in [4.78, 5) is 0. The van der Waals surface area contributed by atoms with E-state index in [0.717, 1.165) is 30.2 Å². The molecule has 1 aliphatic heterocycles. The van der Waals surface area contributed by atoms with Crippen molar-refractivity contribution >= 4 is 10.0 Å². The van der Waals surface area contributed by atoms with Crippen LogP contribution in [0.15, 0.2) is 0 Å². The molecule has 0 saturated carbocycles. The lowest BCUT2D eigenvalue weighted by molar-refractivity contribution is 0.216. The molecule has 1 rings (SSSR count). The Labute approximate surface area is 88.7 Å². The molecule has 1 saturated heterocycles. The zero-order valence-electron chi connectivity index (χ0n) is 8.62. The predicted molar refractivity (Wildman–Crippen MR) is 53.1 cm³/mol. The number of rotatable bonds is 4. The number of hydrogen-bond acceptors (Lipinski definition) is 3. The lowest BCUT2D eigenvalue weighted by Gasteiger charge is -2.26. The first-order chi connectivity index (χ1) is 6.94. The summed E-state index contributed by atoms with van der Waals surface area (Å²) in [6.45, 7) is 1.84. The number of piperidine rings is 1. The predicted octanol–water partition coefficient (Wildman–Crippen LogP) is 0.470. The van der Waals surface area contributed by atoms with E-state index in [1.54, 1.807) is 0 Å². The van der Waals surface area contributed by atoms with Crippen LogP contribution < -0.4 is 5.32 Å². The van der Waals surface area contributed by atoms with Crippen molar-refractivity contribution in [3.8, 4) is 0 Å². The molecule has 0 radical (unpaired) electrons. The van der Waals surface area contributed by atoms with Gasteiger partial charge >= 0.3 is 5.76 Å². The van der Waals surface area contributed by atoms with E-state index in [2.05, 4.69) is 5.32 Å². The third-order valence-electron chi connectivity index (χ3n) is 2.63. The molecule has 0 aromatic heterocycles. The van der Waals surface area contributed by atoms with E-state index in [9.17, 15) is 17.2 Å². The standard InChI is InChI=1S/C8H16F2N2O2S/c1-12(15(13,14)8(9)10)6-7-2-4-11-5-3-7/h7-8,11H,2-6H2,1H3. The average Bonchev–Trinajstić information content (AvgIpc) is 2.18. The van der Waals surface area contributed by atoms with Gasteiger partial charge in [-0.05, 0) is 31.8 Å². The Balaban J connectivity index is 2.50. The van der Waals surface area contributed by atoms with E-state index in [0.29, 0.717) is 0 Å². The Hall–Kier alpha value is -0.270. The summed E-state index contributed by atoms with van der Waals surface area (Å²) in [5, 5.41) is 3.13. The fraction of sp³-hybridized carbons (Fsp3) is 1.00. The van der Waals surface area contributed by atoms with Gasteiger partial charge in [0, 0.05) is 13.6 Å². The molecule has 0 aromatic rings. The van der Waals surface area contributed by atoms with Gasteiger partial charge in [-0.2, -0.15) is 13.1 Å². The van der Waals surface area contributed by atoms with Crippen molar-refractivity contribution in [1.29, 1.82) is 0 Å². The van der Waals surface area contributed by atoms with E-state index in [1.165, 1.54) is 7.05 Å². The summed E-state index contributed by atoms with van der Waals surface area (Å²) in [6.07, 6.45) is 1.67. The number of alkyl halides is 2. The number of nitrogens with one attached hydrogen (secondary N) is 1. The minimum atomic E-state index is -4.40. The number of nitrogens with zero attached hydrogens (tertiary/aromatic N) is 1. The largest absolute Gasteiger partial charge is 0.350 e. The second-order valence-electron chi connectivity index (χ2n) is 3.78. The Bertz CT molecular complexity index is 289. The van der Waals surface area contributed by atoms with Crippen LogP contribution in [0.1, 0.15) is 12.8 Å². The third-order valence-corrected chi connectivity index (χ3v) is 4.10. The highest BCUT2D eigenvalue weighted by Crippen LogP contribution is 2.17. The van der Waals surface area contributed by atoms with Gasteiger partial charge in [0.15, 0.2) is 0 Å². The van der Waals surface area contributed by atoms with Crippen molar-refractivity contribution in [3.63, 3.8) is 0 Å². The maximum atomic E-state index is 12.2. The highest BCUT2D eigenvalue weighted by molar-refractivity contribution is 7.89. The Kier molecular flexibility index (Phi) is 4.42. The molecule has 0 aromatic carbocycles. The molecule has 1 aliphatic rings. The molecule has 15 heavy (non-hydrogen) atoms. The topological polar surface area (TPSA) is 49.4 Å². The van der Waals surface area contributed by atoms with Gasteiger partial charge in [0.05, 0.1) is 0 Å². The van der Waals surface area contributed by atoms with Gasteiger partial charge in [0.1, 0.15) is 0 Å². The maximum absolute atomic E-state index is 12.2. The van der Waals surface area contributed by atoms with Crippen molar-refractivity contribution in [2.75, 3.05) is 26.7 Å². The van der Waals surface area contributed by atoms with E-state index in [-0.39, 0.29) is 12.5 Å². The molecule has 90 valence electrons. The molecule has 0 unspecified atom stereocenters. The molecule has 1 heterocycles. The quantitative estimate of drug-likeness (QED) is 0.779. The van der Waals surface area contributed by atoms with Gasteiger partial charge < -0.3 is 5.32 Å². The molecule has 0 bridgehead atoms. The smallest absolute Gasteiger partial charge is 0.317 e. The maximum Gasteiger partial charge on any atom is 0.350 e.